The van der Waals surface area contributed by atoms with Crippen molar-refractivity contribution in [3.05, 3.63) is 66.8 Å². The first kappa shape index (κ1) is 8.95. The molecular weight excluding hydrogens is 175 g/mol. The molecule has 0 atom stereocenters. The van der Waals surface area contributed by atoms with E-state index in [-0.39, 0.29) is 0 Å². The van der Waals surface area contributed by atoms with E-state index in [4.69, 9.17) is 0 Å². The van der Waals surface area contributed by atoms with Gasteiger partial charge in [-0.05, 0) is 16.7 Å². The van der Waals surface area contributed by atoms with Crippen LogP contribution in [0.5, 0.6) is 0 Å². The van der Waals surface area contributed by atoms with Gasteiger partial charge in [-0.1, -0.05) is 54.6 Å². The Kier molecular flexibility index (Phi) is 2.59. The Hall–Kier alpha value is -1.63. The second-order valence-electron chi connectivity index (χ2n) is 3.06. The highest BCUT2D eigenvalue weighted by atomic mass is 19.1. The van der Waals surface area contributed by atoms with Crippen LogP contribution in [0.2, 0.25) is 0 Å². The topological polar surface area (TPSA) is 0 Å². The Morgan fingerprint density at radius 2 is 1.43 bits per heavy atom. The summed E-state index contributed by atoms with van der Waals surface area (Å²) in [5.41, 5.74) is 2.59. The molecule has 0 amide bonds. The highest BCUT2D eigenvalue weighted by molar-refractivity contribution is 5.68. The third kappa shape index (κ3) is 1.67. The highest BCUT2D eigenvalue weighted by Gasteiger charge is 2.02. The predicted octanol–water partition coefficient (Wildman–Crippen LogP) is 3.83. The van der Waals surface area contributed by atoms with E-state index in [9.17, 15) is 4.39 Å². The zero-order valence-electron chi connectivity index (χ0n) is 7.65. The van der Waals surface area contributed by atoms with E-state index < -0.39 is 0 Å². The van der Waals surface area contributed by atoms with E-state index in [0.29, 0.717) is 12.2 Å². The van der Waals surface area contributed by atoms with Gasteiger partial charge >= 0.3 is 0 Å². The fourth-order valence-electron chi connectivity index (χ4n) is 1.47. The molecular formula is C13H10F. The average molecular weight is 185 g/mol. The van der Waals surface area contributed by atoms with Crippen LogP contribution in [0.15, 0.2) is 54.6 Å². The van der Waals surface area contributed by atoms with Crippen LogP contribution in [0, 0.1) is 6.67 Å². The maximum absolute atomic E-state index is 12.5. The lowest BCUT2D eigenvalue weighted by atomic mass is 10.0. The molecule has 1 heteroatoms. The molecule has 0 aliphatic carbocycles. The summed E-state index contributed by atoms with van der Waals surface area (Å²) in [7, 11) is 0. The predicted molar refractivity (Wildman–Crippen MR) is 56.4 cm³/mol. The Labute approximate surface area is 83.0 Å². The van der Waals surface area contributed by atoms with Gasteiger partial charge in [0.2, 0.25) is 0 Å². The molecule has 0 saturated carbocycles. The van der Waals surface area contributed by atoms with Crippen LogP contribution in [0.3, 0.4) is 0 Å². The third-order valence-corrected chi connectivity index (χ3v) is 2.16. The zero-order valence-corrected chi connectivity index (χ0v) is 7.65. The summed E-state index contributed by atoms with van der Waals surface area (Å²) in [4.78, 5) is 0. The summed E-state index contributed by atoms with van der Waals surface area (Å²) < 4.78 is 12.5. The molecule has 0 spiro atoms. The van der Waals surface area contributed by atoms with Gasteiger partial charge in [0.15, 0.2) is 6.67 Å². The molecule has 0 aliphatic rings. The van der Waals surface area contributed by atoms with Crippen molar-refractivity contribution in [1.29, 1.82) is 0 Å². The van der Waals surface area contributed by atoms with E-state index in [0.717, 1.165) is 11.1 Å². The van der Waals surface area contributed by atoms with Crippen molar-refractivity contribution < 1.29 is 4.39 Å². The molecule has 69 valence electrons. The van der Waals surface area contributed by atoms with Crippen molar-refractivity contribution in [3.63, 3.8) is 0 Å². The molecule has 0 heterocycles. The van der Waals surface area contributed by atoms with Crippen molar-refractivity contribution in [3.8, 4) is 11.1 Å². The van der Waals surface area contributed by atoms with Gasteiger partial charge in [-0.3, -0.25) is 0 Å². The van der Waals surface area contributed by atoms with Gasteiger partial charge in [-0.15, -0.1) is 0 Å². The normalized spacial score (nSPS) is 10.1. The smallest absolute Gasteiger partial charge is 0.161 e. The molecule has 0 N–H and O–H groups in total. The van der Waals surface area contributed by atoms with E-state index in [1.807, 2.05) is 48.5 Å². The monoisotopic (exact) mass is 185 g/mol. The number of rotatable bonds is 2. The summed E-state index contributed by atoms with van der Waals surface area (Å²) in [6.07, 6.45) is 0. The molecule has 0 fully saturated rings. The third-order valence-electron chi connectivity index (χ3n) is 2.16. The molecule has 0 aliphatic heterocycles. The quantitative estimate of drug-likeness (QED) is 0.667. The minimum atomic E-state index is 0.624. The van der Waals surface area contributed by atoms with E-state index in [2.05, 4.69) is 0 Å². The minimum absolute atomic E-state index is 0.624. The van der Waals surface area contributed by atoms with Gasteiger partial charge in [0.25, 0.3) is 0 Å². The number of benzene rings is 2. The Balaban J connectivity index is 2.51. The standard InChI is InChI=1S/C13H10F/c14-10-12-8-4-5-9-13(12)11-6-2-1-3-7-11/h1-10H. The summed E-state index contributed by atoms with van der Waals surface area (Å²) in [6.45, 7) is 0.641. The van der Waals surface area contributed by atoms with Crippen LogP contribution in [0.25, 0.3) is 11.1 Å². The van der Waals surface area contributed by atoms with Crippen LogP contribution >= 0.6 is 0 Å². The largest absolute Gasteiger partial charge is 0.239 e. The Morgan fingerprint density at radius 1 is 0.786 bits per heavy atom. The van der Waals surface area contributed by atoms with Crippen LogP contribution in [-0.4, -0.2) is 0 Å². The summed E-state index contributed by atoms with van der Waals surface area (Å²) in [5.74, 6) is 0. The van der Waals surface area contributed by atoms with Crippen LogP contribution in [-0.2, 0) is 0 Å². The van der Waals surface area contributed by atoms with Crippen molar-refractivity contribution in [1.82, 2.24) is 0 Å². The summed E-state index contributed by atoms with van der Waals surface area (Å²) in [6, 6.07) is 17.2. The highest BCUT2D eigenvalue weighted by Crippen LogP contribution is 2.24. The van der Waals surface area contributed by atoms with Crippen molar-refractivity contribution in [2.45, 2.75) is 0 Å². The Morgan fingerprint density at radius 3 is 2.14 bits per heavy atom. The van der Waals surface area contributed by atoms with Gasteiger partial charge in [-0.25, -0.2) is 4.39 Å². The van der Waals surface area contributed by atoms with Crippen molar-refractivity contribution in [2.24, 2.45) is 0 Å². The number of hydrogen-bond acceptors (Lipinski definition) is 0. The molecule has 2 aromatic carbocycles. The van der Waals surface area contributed by atoms with E-state index >= 15 is 0 Å². The molecule has 2 aromatic rings. The van der Waals surface area contributed by atoms with Crippen molar-refractivity contribution in [2.75, 3.05) is 0 Å². The first-order chi connectivity index (χ1) is 6.92. The van der Waals surface area contributed by atoms with Crippen LogP contribution in [0.1, 0.15) is 5.56 Å². The first-order valence-corrected chi connectivity index (χ1v) is 4.49. The Bertz CT molecular complexity index is 407. The van der Waals surface area contributed by atoms with Gasteiger partial charge in [0, 0.05) is 0 Å². The van der Waals surface area contributed by atoms with Crippen LogP contribution < -0.4 is 0 Å². The molecule has 2 rings (SSSR count). The lowest BCUT2D eigenvalue weighted by molar-refractivity contribution is 0.647. The lowest BCUT2D eigenvalue weighted by Gasteiger charge is -2.05. The molecule has 0 saturated heterocycles. The van der Waals surface area contributed by atoms with E-state index in [1.165, 1.54) is 0 Å². The summed E-state index contributed by atoms with van der Waals surface area (Å²) >= 11 is 0. The SMILES string of the molecule is F[CH]c1ccccc1-c1ccccc1. The van der Waals surface area contributed by atoms with E-state index in [1.54, 1.807) is 6.07 Å². The molecule has 0 unspecified atom stereocenters. The maximum Gasteiger partial charge on any atom is 0.161 e. The van der Waals surface area contributed by atoms with Gasteiger partial charge in [0.05, 0.1) is 0 Å². The molecule has 0 bridgehead atoms. The second-order valence-corrected chi connectivity index (χ2v) is 3.06. The molecule has 0 aromatic heterocycles. The molecule has 1 radical (unpaired) electrons. The minimum Gasteiger partial charge on any atom is -0.239 e. The second kappa shape index (κ2) is 4.05. The van der Waals surface area contributed by atoms with Gasteiger partial charge in [0.1, 0.15) is 0 Å². The lowest BCUT2D eigenvalue weighted by Crippen LogP contribution is -1.83. The maximum atomic E-state index is 12.5. The van der Waals surface area contributed by atoms with Crippen LogP contribution in [0.4, 0.5) is 4.39 Å². The number of hydrogen-bond donors (Lipinski definition) is 0. The first-order valence-electron chi connectivity index (χ1n) is 4.49. The van der Waals surface area contributed by atoms with Crippen molar-refractivity contribution >= 4 is 0 Å². The fraction of sp³-hybridized carbons (Fsp3) is 0. The molecule has 14 heavy (non-hydrogen) atoms. The average Bonchev–Trinajstić information content (AvgIpc) is 2.30. The van der Waals surface area contributed by atoms with Gasteiger partial charge in [-0.2, -0.15) is 0 Å². The van der Waals surface area contributed by atoms with Gasteiger partial charge < -0.3 is 0 Å². The molecule has 0 nitrogen and oxygen atoms in total. The fourth-order valence-corrected chi connectivity index (χ4v) is 1.47. The summed E-state index contributed by atoms with van der Waals surface area (Å²) in [5, 5.41) is 0. The zero-order chi connectivity index (χ0) is 9.80. The number of halogens is 1.